The number of carbonyl (C=O) groups is 1. The molecule has 0 radical (unpaired) electrons. The molecule has 1 aliphatic carbocycles. The van der Waals surface area contributed by atoms with Gasteiger partial charge in [0.2, 0.25) is 11.9 Å². The zero-order chi connectivity index (χ0) is 22.5. The van der Waals surface area contributed by atoms with Crippen LogP contribution in [0.5, 0.6) is 5.75 Å². The van der Waals surface area contributed by atoms with E-state index >= 15 is 0 Å². The summed E-state index contributed by atoms with van der Waals surface area (Å²) in [6.45, 7) is 1.18. The molecule has 10 nitrogen and oxygen atoms in total. The summed E-state index contributed by atoms with van der Waals surface area (Å²) in [5.74, 6) is 1.75. The molecule has 32 heavy (non-hydrogen) atoms. The molecular formula is C22H28N6O4. The van der Waals surface area contributed by atoms with Gasteiger partial charge in [-0.2, -0.15) is 10.1 Å². The Morgan fingerprint density at radius 1 is 1.25 bits per heavy atom. The highest BCUT2D eigenvalue weighted by molar-refractivity contribution is 5.86. The van der Waals surface area contributed by atoms with Gasteiger partial charge in [0.1, 0.15) is 18.5 Å². The largest absolute Gasteiger partial charge is 0.490 e. The number of amides is 1. The second-order valence-corrected chi connectivity index (χ2v) is 8.02. The van der Waals surface area contributed by atoms with Crippen molar-refractivity contribution in [2.24, 2.45) is 0 Å². The third-order valence-electron chi connectivity index (χ3n) is 5.54. The van der Waals surface area contributed by atoms with Crippen LogP contribution in [0.3, 0.4) is 0 Å². The van der Waals surface area contributed by atoms with Crippen molar-refractivity contribution in [1.29, 1.82) is 0 Å². The molecule has 1 fully saturated rings. The van der Waals surface area contributed by atoms with Crippen LogP contribution >= 0.6 is 0 Å². The number of carbonyl (C=O) groups excluding carboxylic acids is 1. The zero-order valence-electron chi connectivity index (χ0n) is 17.9. The number of aromatic nitrogens is 4. The molecule has 1 atom stereocenters. The third-order valence-corrected chi connectivity index (χ3v) is 5.54. The quantitative estimate of drug-likeness (QED) is 0.413. The number of rotatable bonds is 8. The minimum absolute atomic E-state index is 0.00739. The number of anilines is 1. The van der Waals surface area contributed by atoms with Crippen molar-refractivity contribution in [3.8, 4) is 11.6 Å². The molecular weight excluding hydrogens is 412 g/mol. The molecule has 1 aliphatic rings. The lowest BCUT2D eigenvalue weighted by molar-refractivity contribution is -0.119. The van der Waals surface area contributed by atoms with Crippen LogP contribution in [0.25, 0.3) is 16.7 Å². The van der Waals surface area contributed by atoms with Crippen molar-refractivity contribution in [2.45, 2.75) is 50.8 Å². The van der Waals surface area contributed by atoms with E-state index in [1.54, 1.807) is 36.1 Å². The molecule has 0 unspecified atom stereocenters. The number of benzene rings is 1. The summed E-state index contributed by atoms with van der Waals surface area (Å²) in [7, 11) is 0. The second kappa shape index (κ2) is 9.92. The smallest absolute Gasteiger partial charge is 0.224 e. The highest BCUT2D eigenvalue weighted by atomic mass is 16.5. The number of aliphatic hydroxyl groups excluding tert-OH is 2. The molecule has 1 aromatic carbocycles. The Kier molecular flexibility index (Phi) is 6.81. The predicted octanol–water partition coefficient (Wildman–Crippen LogP) is 1.41. The average Bonchev–Trinajstić information content (AvgIpc) is 3.23. The minimum atomic E-state index is -0.941. The van der Waals surface area contributed by atoms with E-state index in [0.29, 0.717) is 17.5 Å². The summed E-state index contributed by atoms with van der Waals surface area (Å²) < 4.78 is 7.36. The van der Waals surface area contributed by atoms with Crippen molar-refractivity contribution < 1.29 is 19.7 Å². The van der Waals surface area contributed by atoms with E-state index < -0.39 is 6.10 Å². The van der Waals surface area contributed by atoms with Crippen molar-refractivity contribution >= 4 is 22.8 Å². The first-order valence-electron chi connectivity index (χ1n) is 10.8. The Morgan fingerprint density at radius 2 is 2.03 bits per heavy atom. The fourth-order valence-corrected chi connectivity index (χ4v) is 3.96. The van der Waals surface area contributed by atoms with Gasteiger partial charge in [0.25, 0.3) is 0 Å². The highest BCUT2D eigenvalue weighted by Crippen LogP contribution is 2.27. The van der Waals surface area contributed by atoms with Crippen LogP contribution in [-0.4, -0.2) is 67.3 Å². The van der Waals surface area contributed by atoms with Crippen LogP contribution in [0, 0.1) is 0 Å². The lowest BCUT2D eigenvalue weighted by Crippen LogP contribution is -2.39. The van der Waals surface area contributed by atoms with Crippen molar-refractivity contribution in [3.05, 3.63) is 36.7 Å². The van der Waals surface area contributed by atoms with Crippen LogP contribution in [0.1, 0.15) is 32.6 Å². The van der Waals surface area contributed by atoms with E-state index in [0.717, 1.165) is 36.6 Å². The number of ether oxygens (including phenoxy) is 1. The van der Waals surface area contributed by atoms with Crippen molar-refractivity contribution in [3.63, 3.8) is 0 Å². The standard InChI is InChI=1S/C22H28N6O4/c1-14(30)25-15-5-7-16(8-6-15)26-22-23-10-9-21(27-22)28-19-3-2-4-20(18(19)11-24-28)32-13-17(31)12-29/h2-4,9-11,15-17,29,31H,5-8,12-13H2,1H3,(H,25,30)(H,23,26,27)/t15?,16?,17-/m0/s1. The van der Waals surface area contributed by atoms with Gasteiger partial charge in [-0.3, -0.25) is 4.79 Å². The van der Waals surface area contributed by atoms with Gasteiger partial charge in [0, 0.05) is 31.3 Å². The van der Waals surface area contributed by atoms with Gasteiger partial charge in [-0.25, -0.2) is 9.67 Å². The number of hydrogen-bond acceptors (Lipinski definition) is 8. The van der Waals surface area contributed by atoms with Gasteiger partial charge in [0.15, 0.2) is 5.82 Å². The molecule has 4 rings (SSSR count). The maximum Gasteiger partial charge on any atom is 0.224 e. The number of nitrogens with zero attached hydrogens (tertiary/aromatic N) is 4. The molecule has 0 aliphatic heterocycles. The summed E-state index contributed by atoms with van der Waals surface area (Å²) in [4.78, 5) is 20.2. The molecule has 0 bridgehead atoms. The Labute approximate surface area is 185 Å². The maximum atomic E-state index is 11.2. The molecule has 170 valence electrons. The summed E-state index contributed by atoms with van der Waals surface area (Å²) in [6, 6.07) is 7.83. The number of nitrogens with one attached hydrogen (secondary N) is 2. The predicted molar refractivity (Wildman–Crippen MR) is 119 cm³/mol. The lowest BCUT2D eigenvalue weighted by atomic mass is 9.91. The van der Waals surface area contributed by atoms with Gasteiger partial charge < -0.3 is 25.6 Å². The average molecular weight is 441 g/mol. The molecule has 1 saturated carbocycles. The fourth-order valence-electron chi connectivity index (χ4n) is 3.96. The van der Waals surface area contributed by atoms with Gasteiger partial charge >= 0.3 is 0 Å². The third kappa shape index (κ3) is 5.14. The van der Waals surface area contributed by atoms with E-state index in [9.17, 15) is 9.90 Å². The second-order valence-electron chi connectivity index (χ2n) is 8.02. The van der Waals surface area contributed by atoms with Gasteiger partial charge in [-0.1, -0.05) is 6.07 Å². The fraction of sp³-hybridized carbons (Fsp3) is 0.455. The topological polar surface area (TPSA) is 134 Å². The summed E-state index contributed by atoms with van der Waals surface area (Å²) in [6.07, 6.45) is 6.16. The highest BCUT2D eigenvalue weighted by Gasteiger charge is 2.22. The first-order chi connectivity index (χ1) is 15.5. The molecule has 2 aromatic heterocycles. The molecule has 4 N–H and O–H groups in total. The summed E-state index contributed by atoms with van der Waals surface area (Å²) in [5.41, 5.74) is 0.807. The first-order valence-corrected chi connectivity index (χ1v) is 10.8. The van der Waals surface area contributed by atoms with Crippen LogP contribution in [0.4, 0.5) is 5.95 Å². The lowest BCUT2D eigenvalue weighted by Gasteiger charge is -2.29. The molecule has 0 spiro atoms. The van der Waals surface area contributed by atoms with E-state index in [4.69, 9.17) is 9.84 Å². The van der Waals surface area contributed by atoms with Crippen LogP contribution < -0.4 is 15.4 Å². The van der Waals surface area contributed by atoms with Gasteiger partial charge in [0.05, 0.1) is 23.7 Å². The maximum absolute atomic E-state index is 11.2. The van der Waals surface area contributed by atoms with E-state index in [1.165, 1.54) is 0 Å². The molecule has 2 heterocycles. The Hall–Kier alpha value is -3.24. The Balaban J connectivity index is 1.47. The molecule has 1 amide bonds. The van der Waals surface area contributed by atoms with Crippen LogP contribution in [-0.2, 0) is 4.79 Å². The van der Waals surface area contributed by atoms with Crippen molar-refractivity contribution in [2.75, 3.05) is 18.5 Å². The van der Waals surface area contributed by atoms with Crippen LogP contribution in [0.2, 0.25) is 0 Å². The summed E-state index contributed by atoms with van der Waals surface area (Å²) >= 11 is 0. The number of aliphatic hydroxyl groups is 2. The Morgan fingerprint density at radius 3 is 2.78 bits per heavy atom. The molecule has 0 saturated heterocycles. The number of hydrogen-bond donors (Lipinski definition) is 4. The monoisotopic (exact) mass is 440 g/mol. The van der Waals surface area contributed by atoms with E-state index in [2.05, 4.69) is 25.7 Å². The molecule has 10 heteroatoms. The Bertz CT molecular complexity index is 1060. The van der Waals surface area contributed by atoms with Gasteiger partial charge in [-0.15, -0.1) is 0 Å². The molecule has 3 aromatic rings. The zero-order valence-corrected chi connectivity index (χ0v) is 17.9. The van der Waals surface area contributed by atoms with Crippen molar-refractivity contribution in [1.82, 2.24) is 25.1 Å². The minimum Gasteiger partial charge on any atom is -0.490 e. The van der Waals surface area contributed by atoms with E-state index in [-0.39, 0.29) is 31.2 Å². The SMILES string of the molecule is CC(=O)NC1CCC(Nc2nccc(-n3ncc4c(OC[C@@H](O)CO)cccc43)n2)CC1. The number of fused-ring (bicyclic) bond motifs is 1. The van der Waals surface area contributed by atoms with E-state index in [1.807, 2.05) is 12.1 Å². The van der Waals surface area contributed by atoms with Gasteiger partial charge in [-0.05, 0) is 37.8 Å². The first kappa shape index (κ1) is 22.0. The normalized spacial score (nSPS) is 19.5. The summed E-state index contributed by atoms with van der Waals surface area (Å²) in [5, 5.41) is 30.2. The van der Waals surface area contributed by atoms with Crippen LogP contribution in [0.15, 0.2) is 36.7 Å².